The lowest BCUT2D eigenvalue weighted by atomic mass is 10.0. The molecule has 5 aromatic carbocycles. The van der Waals surface area contributed by atoms with Gasteiger partial charge in [-0.25, -0.2) is 39.9 Å². The van der Waals surface area contributed by atoms with Gasteiger partial charge in [-0.3, -0.25) is 24.7 Å². The fraction of sp³-hybridized carbons (Fsp3) is 0.179. The number of aryl methyl sites for hydroxylation is 2. The number of rotatable bonds is 15. The van der Waals surface area contributed by atoms with Crippen LogP contribution in [0.3, 0.4) is 0 Å². The second kappa shape index (κ2) is 24.3. The number of benzene rings is 5. The Morgan fingerprint density at radius 1 is 0.570 bits per heavy atom. The lowest BCUT2D eigenvalue weighted by molar-refractivity contribution is 0.0654. The van der Waals surface area contributed by atoms with Gasteiger partial charge >= 0.3 is 0 Å². The molecule has 7 N–H and O–H groups in total. The molecular formula is C56H51Br2ClN18O2. The number of halogens is 3. The van der Waals surface area contributed by atoms with Crippen LogP contribution in [-0.2, 0) is 0 Å². The average Bonchev–Trinajstić information content (AvgIpc) is 4.20. The Morgan fingerprint density at radius 3 is 1.62 bits per heavy atom. The first-order valence-corrected chi connectivity index (χ1v) is 27.0. The lowest BCUT2D eigenvalue weighted by Gasteiger charge is -2.16. The Kier molecular flexibility index (Phi) is 16.5. The monoisotopic (exact) mass is 1200 g/mol. The summed E-state index contributed by atoms with van der Waals surface area (Å²) in [5, 5.41) is 36.7. The number of aromatic nitrogens is 12. The molecular weight excluding hydrogens is 1150 g/mol. The van der Waals surface area contributed by atoms with Crippen molar-refractivity contribution < 1.29 is 9.59 Å². The molecule has 0 radical (unpaired) electrons. The predicted octanol–water partition coefficient (Wildman–Crippen LogP) is 11.5. The summed E-state index contributed by atoms with van der Waals surface area (Å²) in [5.74, 6) is 1.50. The molecule has 6 aromatic heterocycles. The van der Waals surface area contributed by atoms with Gasteiger partial charge in [0.1, 0.15) is 32.8 Å². The number of imide groups is 1. The Hall–Kier alpha value is -8.73. The minimum atomic E-state index is -0.215. The summed E-state index contributed by atoms with van der Waals surface area (Å²) in [7, 11) is 3.62. The Morgan fingerprint density at radius 2 is 1.08 bits per heavy atom. The highest BCUT2D eigenvalue weighted by atomic mass is 79.9. The van der Waals surface area contributed by atoms with Crippen molar-refractivity contribution in [3.05, 3.63) is 159 Å². The predicted molar refractivity (Wildman–Crippen MR) is 319 cm³/mol. The number of nitrogens with one attached hydrogen (secondary N) is 7. The molecule has 11 aromatic rings. The third kappa shape index (κ3) is 12.1. The Labute approximate surface area is 474 Å². The first kappa shape index (κ1) is 53.7. The van der Waals surface area contributed by atoms with Crippen molar-refractivity contribution in [2.24, 2.45) is 0 Å². The average molecular weight is 1200 g/mol. The van der Waals surface area contributed by atoms with E-state index < -0.39 is 0 Å². The van der Waals surface area contributed by atoms with Crippen molar-refractivity contribution in [2.75, 3.05) is 66.9 Å². The summed E-state index contributed by atoms with van der Waals surface area (Å²) in [6.45, 7) is 6.72. The van der Waals surface area contributed by atoms with E-state index in [1.54, 1.807) is 43.7 Å². The summed E-state index contributed by atoms with van der Waals surface area (Å²) in [6.07, 6.45) is 7.94. The Balaban J connectivity index is 0.000000149. The van der Waals surface area contributed by atoms with Crippen molar-refractivity contribution >= 4 is 128 Å². The molecule has 12 rings (SSSR count). The van der Waals surface area contributed by atoms with Crippen molar-refractivity contribution in [1.29, 1.82) is 0 Å². The van der Waals surface area contributed by atoms with Gasteiger partial charge in [0.2, 0.25) is 11.9 Å². The highest BCUT2D eigenvalue weighted by molar-refractivity contribution is 9.10. The second-order valence-corrected chi connectivity index (χ2v) is 20.1. The number of carbonyl (C=O) groups excluding carboxylic acids is 2. The van der Waals surface area contributed by atoms with E-state index in [1.807, 2.05) is 19.2 Å². The maximum Gasteiger partial charge on any atom is 0.261 e. The van der Waals surface area contributed by atoms with E-state index >= 15 is 0 Å². The first-order chi connectivity index (χ1) is 38.5. The zero-order chi connectivity index (χ0) is 55.0. The number of carbonyl (C=O) groups is 2. The molecule has 23 heteroatoms. The molecule has 0 saturated heterocycles. The fourth-order valence-corrected chi connectivity index (χ4v) is 10.2. The lowest BCUT2D eigenvalue weighted by Crippen LogP contribution is -2.31. The topological polar surface area (TPSA) is 258 Å². The van der Waals surface area contributed by atoms with Crippen LogP contribution in [0.15, 0.2) is 131 Å². The van der Waals surface area contributed by atoms with Crippen molar-refractivity contribution in [3.63, 3.8) is 0 Å². The normalized spacial score (nSPS) is 11.8. The van der Waals surface area contributed by atoms with E-state index in [0.717, 1.165) is 80.0 Å². The van der Waals surface area contributed by atoms with Crippen molar-refractivity contribution in [3.8, 4) is 22.5 Å². The second-order valence-electron chi connectivity index (χ2n) is 18.2. The zero-order valence-corrected chi connectivity index (χ0v) is 47.1. The number of nitrogens with zero attached hydrogens (tertiary/aromatic N) is 11. The summed E-state index contributed by atoms with van der Waals surface area (Å²) >= 11 is 12.5. The van der Waals surface area contributed by atoms with E-state index in [1.165, 1.54) is 39.5 Å². The van der Waals surface area contributed by atoms with Gasteiger partial charge in [0.05, 0.1) is 33.3 Å². The van der Waals surface area contributed by atoms with E-state index in [-0.39, 0.29) is 11.8 Å². The summed E-state index contributed by atoms with van der Waals surface area (Å²) in [5.41, 5.74) is 10.4. The SMILES string of the molecule is CNc1nccc(-c2cc(NCCCN3C(=O)c4ccccc4C3=O)c3cc(C)ccc3c2)n1.CNc1nccc(-c2cc(NCCCNc3ncnc4n[nH]c(Br)c34)c3cc(C)ccc3c2)n1.Clc1ncnc2n[nH]c(Br)c12. The maximum absolute atomic E-state index is 12.6. The zero-order valence-electron chi connectivity index (χ0n) is 43.2. The number of H-pyrrole nitrogens is 2. The van der Waals surface area contributed by atoms with Crippen LogP contribution in [0.1, 0.15) is 44.7 Å². The minimum absolute atomic E-state index is 0.215. The van der Waals surface area contributed by atoms with Crippen LogP contribution >= 0.6 is 43.5 Å². The van der Waals surface area contributed by atoms with Crippen LogP contribution in [0.5, 0.6) is 0 Å². The molecule has 0 spiro atoms. The van der Waals surface area contributed by atoms with Crippen LogP contribution in [-0.4, -0.2) is 117 Å². The minimum Gasteiger partial charge on any atom is -0.384 e. The van der Waals surface area contributed by atoms with Gasteiger partial charge in [-0.05, 0) is 130 Å². The van der Waals surface area contributed by atoms with Crippen LogP contribution < -0.4 is 26.6 Å². The molecule has 20 nitrogen and oxygen atoms in total. The fourth-order valence-electron chi connectivity index (χ4n) is 8.97. The molecule has 0 aliphatic carbocycles. The first-order valence-electron chi connectivity index (χ1n) is 25.1. The molecule has 0 saturated carbocycles. The van der Waals surface area contributed by atoms with E-state index in [4.69, 9.17) is 11.6 Å². The van der Waals surface area contributed by atoms with Gasteiger partial charge in [-0.2, -0.15) is 10.2 Å². The van der Waals surface area contributed by atoms with Crippen molar-refractivity contribution in [1.82, 2.24) is 65.2 Å². The van der Waals surface area contributed by atoms with Crippen LogP contribution in [0.25, 0.3) is 66.1 Å². The highest BCUT2D eigenvalue weighted by Crippen LogP contribution is 2.34. The molecule has 7 heterocycles. The standard InChI is InChI=1S/C27H25N5O2.C24H24BrN9.C5H2BrClN4/c1-17-8-9-18-15-19(23-10-12-30-27(28-2)31-23)16-24(22(18)14-17)29-11-5-13-32-25(33)20-6-3-4-7-21(20)26(32)34;1-14-4-5-15-11-16(18-6-9-29-24(26-2)32-18)12-19(17(15)10-14)27-7-3-8-28-22-20-21(25)33-34-23(20)31-13-30-22;6-3-2-4(7)8-1-9-5(2)11-10-3/h3-4,6-10,12,14-16,29H,5,11,13H2,1-2H3,(H,28,30,31);4-6,9-13,27H,3,7-8H2,1-2H3,(H,26,29,32)(H2,28,30,31,33,34);1H,(H,8,9,10,11). The molecule has 1 aliphatic heterocycles. The van der Waals surface area contributed by atoms with Gasteiger partial charge in [0.15, 0.2) is 11.3 Å². The molecule has 0 unspecified atom stereocenters. The maximum atomic E-state index is 12.6. The molecule has 0 atom stereocenters. The highest BCUT2D eigenvalue weighted by Gasteiger charge is 2.34. The summed E-state index contributed by atoms with van der Waals surface area (Å²) < 4.78 is 1.48. The number of aromatic amines is 2. The molecule has 1 aliphatic rings. The van der Waals surface area contributed by atoms with Crippen LogP contribution in [0.2, 0.25) is 5.15 Å². The number of fused-ring (bicyclic) bond motifs is 5. The number of hydrogen-bond donors (Lipinski definition) is 7. The van der Waals surface area contributed by atoms with E-state index in [9.17, 15) is 9.59 Å². The quantitative estimate of drug-likeness (QED) is 0.0286. The third-order valence-electron chi connectivity index (χ3n) is 12.9. The van der Waals surface area contributed by atoms with E-state index in [2.05, 4.69) is 193 Å². The molecule has 2 amide bonds. The van der Waals surface area contributed by atoms with Gasteiger partial charge < -0.3 is 26.6 Å². The van der Waals surface area contributed by atoms with Crippen molar-refractivity contribution in [2.45, 2.75) is 26.7 Å². The van der Waals surface area contributed by atoms with Gasteiger partial charge in [0, 0.05) is 85.9 Å². The molecule has 0 fully saturated rings. The molecule has 398 valence electrons. The van der Waals surface area contributed by atoms with Gasteiger partial charge in [-0.1, -0.05) is 59.1 Å². The van der Waals surface area contributed by atoms with Gasteiger partial charge in [-0.15, -0.1) is 0 Å². The summed E-state index contributed by atoms with van der Waals surface area (Å²) in [6, 6.07) is 32.2. The van der Waals surface area contributed by atoms with Crippen LogP contribution in [0, 0.1) is 13.8 Å². The Bertz CT molecular complexity index is 4010. The molecule has 79 heavy (non-hydrogen) atoms. The number of anilines is 5. The van der Waals surface area contributed by atoms with E-state index in [0.29, 0.717) is 69.0 Å². The number of hydrogen-bond acceptors (Lipinski definition) is 17. The number of amides is 2. The summed E-state index contributed by atoms with van der Waals surface area (Å²) in [4.78, 5) is 60.4. The van der Waals surface area contributed by atoms with Crippen LogP contribution in [0.4, 0.5) is 29.1 Å². The van der Waals surface area contributed by atoms with Gasteiger partial charge in [0.25, 0.3) is 11.8 Å². The smallest absolute Gasteiger partial charge is 0.261 e. The largest absolute Gasteiger partial charge is 0.384 e. The third-order valence-corrected chi connectivity index (χ3v) is 14.3. The molecule has 0 bridgehead atoms.